The molecule has 0 radical (unpaired) electrons. The number of nitrogens with one attached hydrogen (secondary N) is 2. The Morgan fingerprint density at radius 3 is 2.78 bits per heavy atom. The van der Waals surface area contributed by atoms with Crippen molar-refractivity contribution in [2.24, 2.45) is 5.73 Å². The number of imidazole rings is 1. The van der Waals surface area contributed by atoms with Crippen molar-refractivity contribution in [1.82, 2.24) is 14.3 Å². The van der Waals surface area contributed by atoms with E-state index in [-0.39, 0.29) is 17.4 Å². The van der Waals surface area contributed by atoms with Crippen LogP contribution in [0.15, 0.2) is 11.2 Å². The number of hydrogen-bond donors (Lipinski definition) is 3. The predicted molar refractivity (Wildman–Crippen MR) is 69.0 cm³/mol. The van der Waals surface area contributed by atoms with E-state index in [4.69, 9.17) is 11.1 Å². The summed E-state index contributed by atoms with van der Waals surface area (Å²) < 4.78 is 28.0. The molecule has 4 N–H and O–H groups in total. The number of rotatable bonds is 7. The monoisotopic (exact) mass is 273 g/mol. The van der Waals surface area contributed by atoms with Gasteiger partial charge < -0.3 is 10.3 Å². The van der Waals surface area contributed by atoms with Crippen molar-refractivity contribution in [2.45, 2.75) is 38.3 Å². The maximum atomic E-state index is 11.9. The minimum atomic E-state index is -3.56. The summed E-state index contributed by atoms with van der Waals surface area (Å²) in [6, 6.07) is 0. The van der Waals surface area contributed by atoms with E-state index in [0.717, 1.165) is 0 Å². The molecule has 0 saturated carbocycles. The maximum absolute atomic E-state index is 11.9. The lowest BCUT2D eigenvalue weighted by Gasteiger charge is -2.03. The zero-order chi connectivity index (χ0) is 13.8. The van der Waals surface area contributed by atoms with E-state index in [1.165, 1.54) is 6.20 Å². The lowest BCUT2D eigenvalue weighted by molar-refractivity contribution is 0.576. The highest BCUT2D eigenvalue weighted by atomic mass is 32.2. The average molecular weight is 273 g/mol. The van der Waals surface area contributed by atoms with Crippen LogP contribution < -0.4 is 10.5 Å². The quantitative estimate of drug-likeness (QED) is 0.374. The van der Waals surface area contributed by atoms with Crippen LogP contribution >= 0.6 is 0 Å². The zero-order valence-electron chi connectivity index (χ0n) is 10.6. The normalized spacial score (nSPS) is 11.7. The van der Waals surface area contributed by atoms with Crippen LogP contribution in [-0.4, -0.2) is 30.3 Å². The Kier molecular flexibility index (Phi) is 4.85. The van der Waals surface area contributed by atoms with Gasteiger partial charge in [-0.15, -0.1) is 0 Å². The van der Waals surface area contributed by atoms with Gasteiger partial charge in [-0.2, -0.15) is 0 Å². The van der Waals surface area contributed by atoms with Crippen LogP contribution in [0.2, 0.25) is 0 Å². The molecule has 1 heterocycles. The van der Waals surface area contributed by atoms with E-state index >= 15 is 0 Å². The van der Waals surface area contributed by atoms with Gasteiger partial charge in [0.2, 0.25) is 0 Å². The van der Waals surface area contributed by atoms with Crippen LogP contribution in [0.5, 0.6) is 0 Å². The summed E-state index contributed by atoms with van der Waals surface area (Å²) in [5, 5.41) is 7.07. The van der Waals surface area contributed by atoms with E-state index in [2.05, 4.69) is 9.71 Å². The van der Waals surface area contributed by atoms with Crippen LogP contribution in [0.25, 0.3) is 0 Å². The van der Waals surface area contributed by atoms with Crippen molar-refractivity contribution in [3.05, 3.63) is 12.0 Å². The molecular formula is C10H19N5O2S. The first-order valence-electron chi connectivity index (χ1n) is 5.73. The molecule has 8 heteroatoms. The average Bonchev–Trinajstić information content (AvgIpc) is 2.66. The number of amidine groups is 1. The molecule has 0 aromatic carbocycles. The fourth-order valence-electron chi connectivity index (χ4n) is 1.49. The number of sulfonamides is 1. The highest BCUT2D eigenvalue weighted by molar-refractivity contribution is 7.89. The minimum Gasteiger partial charge on any atom is -0.388 e. The Labute approximate surface area is 107 Å². The van der Waals surface area contributed by atoms with Crippen molar-refractivity contribution in [3.8, 4) is 0 Å². The topological polar surface area (TPSA) is 114 Å². The first-order chi connectivity index (χ1) is 8.36. The fourth-order valence-corrected chi connectivity index (χ4v) is 2.57. The molecule has 102 valence electrons. The molecular weight excluding hydrogens is 254 g/mol. The third kappa shape index (κ3) is 3.81. The first kappa shape index (κ1) is 14.7. The van der Waals surface area contributed by atoms with E-state index < -0.39 is 10.0 Å². The molecule has 1 rings (SSSR count). The molecule has 0 fully saturated rings. The molecule has 1 aromatic rings. The van der Waals surface area contributed by atoms with E-state index in [9.17, 15) is 8.42 Å². The van der Waals surface area contributed by atoms with Crippen LogP contribution in [0, 0.1) is 12.3 Å². The summed E-state index contributed by atoms with van der Waals surface area (Å²) in [7, 11) is -3.56. The minimum absolute atomic E-state index is 0.0321. The molecule has 7 nitrogen and oxygen atoms in total. The largest absolute Gasteiger partial charge is 0.388 e. The van der Waals surface area contributed by atoms with Crippen molar-refractivity contribution in [1.29, 1.82) is 5.41 Å². The van der Waals surface area contributed by atoms with Gasteiger partial charge in [0.25, 0.3) is 10.0 Å². The van der Waals surface area contributed by atoms with Crippen LogP contribution in [0.1, 0.15) is 25.6 Å². The molecule has 0 bridgehead atoms. The fraction of sp³-hybridized carbons (Fsp3) is 0.600. The molecule has 0 amide bonds. The van der Waals surface area contributed by atoms with Gasteiger partial charge in [-0.05, 0) is 20.3 Å². The third-order valence-corrected chi connectivity index (χ3v) is 3.82. The smallest absolute Gasteiger partial charge is 0.259 e. The maximum Gasteiger partial charge on any atom is 0.259 e. The van der Waals surface area contributed by atoms with Crippen molar-refractivity contribution in [3.63, 3.8) is 0 Å². The number of nitrogens with two attached hydrogens (primary N) is 1. The molecule has 0 aliphatic carbocycles. The molecule has 0 aliphatic rings. The SMILES string of the molecule is CCn1cc(S(=O)(=O)NCCCC(=N)N)nc1C. The van der Waals surface area contributed by atoms with Gasteiger partial charge in [0.1, 0.15) is 5.82 Å². The van der Waals surface area contributed by atoms with Gasteiger partial charge >= 0.3 is 0 Å². The molecule has 0 saturated heterocycles. The number of aromatic nitrogens is 2. The second-order valence-corrected chi connectivity index (χ2v) is 5.65. The second kappa shape index (κ2) is 5.96. The highest BCUT2D eigenvalue weighted by Crippen LogP contribution is 2.08. The third-order valence-electron chi connectivity index (χ3n) is 2.48. The van der Waals surface area contributed by atoms with Gasteiger partial charge in [-0.25, -0.2) is 18.1 Å². The molecule has 0 spiro atoms. The predicted octanol–water partition coefficient (Wildman–Crippen LogP) is 0.206. The molecule has 0 aliphatic heterocycles. The first-order valence-corrected chi connectivity index (χ1v) is 7.21. The summed E-state index contributed by atoms with van der Waals surface area (Å²) in [5.41, 5.74) is 5.18. The summed E-state index contributed by atoms with van der Waals surface area (Å²) in [4.78, 5) is 4.01. The van der Waals surface area contributed by atoms with Gasteiger partial charge in [-0.3, -0.25) is 5.41 Å². The summed E-state index contributed by atoms with van der Waals surface area (Å²) >= 11 is 0. The highest BCUT2D eigenvalue weighted by Gasteiger charge is 2.18. The molecule has 0 unspecified atom stereocenters. The Balaban J connectivity index is 2.65. The lowest BCUT2D eigenvalue weighted by atomic mass is 10.3. The van der Waals surface area contributed by atoms with Crippen molar-refractivity contribution < 1.29 is 8.42 Å². The van der Waals surface area contributed by atoms with Gasteiger partial charge in [-0.1, -0.05) is 0 Å². The van der Waals surface area contributed by atoms with E-state index in [1.807, 2.05) is 6.92 Å². The van der Waals surface area contributed by atoms with E-state index in [1.54, 1.807) is 11.5 Å². The number of hydrogen-bond acceptors (Lipinski definition) is 4. The van der Waals surface area contributed by atoms with Crippen LogP contribution in [0.3, 0.4) is 0 Å². The Bertz CT molecular complexity index is 520. The molecule has 18 heavy (non-hydrogen) atoms. The molecule has 1 aromatic heterocycles. The molecule has 0 atom stereocenters. The Hall–Kier alpha value is -1.41. The Morgan fingerprint density at radius 1 is 1.61 bits per heavy atom. The standard InChI is InChI=1S/C10H19N5O2S/c1-3-15-7-10(14-8(15)2)18(16,17)13-6-4-5-9(11)12/h7,13H,3-6H2,1-2H3,(H3,11,12). The van der Waals surface area contributed by atoms with Gasteiger partial charge in [0.05, 0.1) is 5.84 Å². The summed E-state index contributed by atoms with van der Waals surface area (Å²) in [5.74, 6) is 0.724. The summed E-state index contributed by atoms with van der Waals surface area (Å²) in [6.45, 7) is 4.61. The van der Waals surface area contributed by atoms with Gasteiger partial charge in [0, 0.05) is 25.7 Å². The second-order valence-electron chi connectivity index (χ2n) is 3.94. The number of aryl methyl sites for hydroxylation is 2. The van der Waals surface area contributed by atoms with Crippen LogP contribution in [-0.2, 0) is 16.6 Å². The zero-order valence-corrected chi connectivity index (χ0v) is 11.4. The van der Waals surface area contributed by atoms with Crippen molar-refractivity contribution >= 4 is 15.9 Å². The number of nitrogens with zero attached hydrogens (tertiary/aromatic N) is 2. The Morgan fingerprint density at radius 2 is 2.28 bits per heavy atom. The summed E-state index contributed by atoms with van der Waals surface area (Å²) in [6.07, 6.45) is 2.40. The lowest BCUT2D eigenvalue weighted by Crippen LogP contribution is -2.26. The van der Waals surface area contributed by atoms with E-state index in [0.29, 0.717) is 25.2 Å². The van der Waals surface area contributed by atoms with Crippen molar-refractivity contribution in [2.75, 3.05) is 6.54 Å². The van der Waals surface area contributed by atoms with Crippen LogP contribution in [0.4, 0.5) is 0 Å². The van der Waals surface area contributed by atoms with Gasteiger partial charge in [0.15, 0.2) is 5.03 Å².